The monoisotopic (exact) mass is 229 g/mol. The normalized spacial score (nSPS) is 22.5. The Kier molecular flexibility index (Phi) is 7.81. The third kappa shape index (κ3) is 5.28. The molecule has 0 aromatic rings. The van der Waals surface area contributed by atoms with E-state index in [1.165, 1.54) is 25.7 Å². The Morgan fingerprint density at radius 3 is 2.88 bits per heavy atom. The largest absolute Gasteiger partial charge is 0.381 e. The molecule has 0 aliphatic carbocycles. The highest BCUT2D eigenvalue weighted by Gasteiger charge is 2.24. The average Bonchev–Trinajstić information content (AvgIpc) is 2.81. The molecule has 0 saturated carbocycles. The van der Waals surface area contributed by atoms with Crippen LogP contribution in [-0.4, -0.2) is 39.0 Å². The summed E-state index contributed by atoms with van der Waals surface area (Å²) in [5, 5.41) is 3.51. The van der Waals surface area contributed by atoms with Crippen molar-refractivity contribution in [2.75, 3.05) is 33.0 Å². The smallest absolute Gasteiger partial charge is 0.0623 e. The highest BCUT2D eigenvalue weighted by atomic mass is 16.5. The zero-order valence-corrected chi connectivity index (χ0v) is 10.8. The number of ether oxygens (including phenoxy) is 2. The number of hydrogen-bond acceptors (Lipinski definition) is 3. The van der Waals surface area contributed by atoms with Crippen LogP contribution in [0, 0.1) is 5.92 Å². The Labute approximate surface area is 99.9 Å². The minimum atomic E-state index is 0.481. The molecule has 16 heavy (non-hydrogen) atoms. The molecule has 96 valence electrons. The van der Waals surface area contributed by atoms with Gasteiger partial charge in [-0.2, -0.15) is 0 Å². The maximum absolute atomic E-state index is 5.74. The van der Waals surface area contributed by atoms with Gasteiger partial charge < -0.3 is 14.8 Å². The van der Waals surface area contributed by atoms with Gasteiger partial charge >= 0.3 is 0 Å². The van der Waals surface area contributed by atoms with E-state index >= 15 is 0 Å². The van der Waals surface area contributed by atoms with Crippen LogP contribution >= 0.6 is 0 Å². The summed E-state index contributed by atoms with van der Waals surface area (Å²) in [7, 11) is 0. The number of hydrogen-bond donors (Lipinski definition) is 1. The van der Waals surface area contributed by atoms with Crippen molar-refractivity contribution in [3.05, 3.63) is 0 Å². The molecule has 1 aliphatic heterocycles. The molecular formula is C13H27NO2. The zero-order chi connectivity index (χ0) is 11.6. The molecule has 1 rings (SSSR count). The summed E-state index contributed by atoms with van der Waals surface area (Å²) in [5.41, 5.74) is 0. The predicted octanol–water partition coefficient (Wildman–Crippen LogP) is 2.21. The van der Waals surface area contributed by atoms with Crippen LogP contribution < -0.4 is 5.32 Å². The van der Waals surface area contributed by atoms with E-state index in [0.29, 0.717) is 12.0 Å². The highest BCUT2D eigenvalue weighted by molar-refractivity contribution is 4.78. The molecule has 0 amide bonds. The number of unbranched alkanes of at least 4 members (excludes halogenated alkanes) is 2. The first-order valence-corrected chi connectivity index (χ1v) is 6.77. The Morgan fingerprint density at radius 2 is 2.25 bits per heavy atom. The van der Waals surface area contributed by atoms with Crippen LogP contribution in [0.1, 0.15) is 39.5 Å². The summed E-state index contributed by atoms with van der Waals surface area (Å²) in [6.45, 7) is 8.95. The molecule has 2 atom stereocenters. The van der Waals surface area contributed by atoms with Gasteiger partial charge in [0.05, 0.1) is 13.2 Å². The molecule has 1 aliphatic rings. The van der Waals surface area contributed by atoms with Gasteiger partial charge in [0.15, 0.2) is 0 Å². The summed E-state index contributed by atoms with van der Waals surface area (Å²) in [5.74, 6) is 0.645. The summed E-state index contributed by atoms with van der Waals surface area (Å²) in [4.78, 5) is 0. The van der Waals surface area contributed by atoms with Crippen molar-refractivity contribution in [2.24, 2.45) is 5.92 Å². The van der Waals surface area contributed by atoms with Crippen LogP contribution in [0.25, 0.3) is 0 Å². The molecule has 1 N–H and O–H groups in total. The van der Waals surface area contributed by atoms with Crippen molar-refractivity contribution < 1.29 is 9.47 Å². The molecule has 1 fully saturated rings. The van der Waals surface area contributed by atoms with E-state index in [2.05, 4.69) is 19.2 Å². The van der Waals surface area contributed by atoms with Gasteiger partial charge in [0.25, 0.3) is 0 Å². The zero-order valence-electron chi connectivity index (χ0n) is 10.8. The van der Waals surface area contributed by atoms with Crippen molar-refractivity contribution in [1.29, 1.82) is 0 Å². The van der Waals surface area contributed by atoms with E-state index in [0.717, 1.165) is 33.0 Å². The Bertz CT molecular complexity index is 158. The van der Waals surface area contributed by atoms with Gasteiger partial charge in [-0.1, -0.05) is 26.7 Å². The lowest BCUT2D eigenvalue weighted by atomic mass is 10.00. The fourth-order valence-corrected chi connectivity index (χ4v) is 2.16. The summed E-state index contributed by atoms with van der Waals surface area (Å²) >= 11 is 0. The Balaban J connectivity index is 2.12. The molecule has 0 bridgehead atoms. The van der Waals surface area contributed by atoms with E-state index in [1.54, 1.807) is 0 Å². The van der Waals surface area contributed by atoms with Crippen LogP contribution in [0.3, 0.4) is 0 Å². The van der Waals surface area contributed by atoms with Gasteiger partial charge in [-0.15, -0.1) is 0 Å². The third-order valence-corrected chi connectivity index (χ3v) is 3.19. The topological polar surface area (TPSA) is 30.5 Å². The lowest BCUT2D eigenvalue weighted by Crippen LogP contribution is -2.40. The molecule has 1 heterocycles. The minimum absolute atomic E-state index is 0.481. The maximum atomic E-state index is 5.74. The van der Waals surface area contributed by atoms with Crippen molar-refractivity contribution in [3.8, 4) is 0 Å². The quantitative estimate of drug-likeness (QED) is 0.615. The fourth-order valence-electron chi connectivity index (χ4n) is 2.16. The highest BCUT2D eigenvalue weighted by Crippen LogP contribution is 2.17. The predicted molar refractivity (Wildman–Crippen MR) is 66.7 cm³/mol. The second kappa shape index (κ2) is 8.97. The average molecular weight is 229 g/mol. The number of nitrogens with one attached hydrogen (secondary N) is 1. The summed E-state index contributed by atoms with van der Waals surface area (Å²) in [6, 6.07) is 0.481. The molecule has 2 unspecified atom stereocenters. The Hall–Kier alpha value is -0.120. The van der Waals surface area contributed by atoms with Crippen LogP contribution in [0.5, 0.6) is 0 Å². The van der Waals surface area contributed by atoms with Crippen molar-refractivity contribution in [2.45, 2.75) is 45.6 Å². The van der Waals surface area contributed by atoms with Crippen molar-refractivity contribution in [1.82, 2.24) is 5.32 Å². The molecular weight excluding hydrogens is 202 g/mol. The van der Waals surface area contributed by atoms with Gasteiger partial charge in [0.2, 0.25) is 0 Å². The first kappa shape index (κ1) is 13.9. The van der Waals surface area contributed by atoms with E-state index in [1.807, 2.05) is 0 Å². The third-order valence-electron chi connectivity index (χ3n) is 3.19. The van der Waals surface area contributed by atoms with Gasteiger partial charge in [-0.05, 0) is 19.4 Å². The molecule has 0 radical (unpaired) electrons. The van der Waals surface area contributed by atoms with Crippen LogP contribution in [0.2, 0.25) is 0 Å². The van der Waals surface area contributed by atoms with E-state index < -0.39 is 0 Å². The lowest BCUT2D eigenvalue weighted by molar-refractivity contribution is 0.0853. The molecule has 3 nitrogen and oxygen atoms in total. The molecule has 3 heteroatoms. The first-order valence-electron chi connectivity index (χ1n) is 6.77. The van der Waals surface area contributed by atoms with Gasteiger partial charge in [-0.3, -0.25) is 0 Å². The van der Waals surface area contributed by atoms with Gasteiger partial charge in [0.1, 0.15) is 0 Å². The van der Waals surface area contributed by atoms with E-state index in [4.69, 9.17) is 9.47 Å². The van der Waals surface area contributed by atoms with Crippen LogP contribution in [0.15, 0.2) is 0 Å². The van der Waals surface area contributed by atoms with Crippen LogP contribution in [0.4, 0.5) is 0 Å². The van der Waals surface area contributed by atoms with Gasteiger partial charge in [0, 0.05) is 25.2 Å². The SMILES string of the molecule is CCCCCOCC(NCC)C1CCOC1. The van der Waals surface area contributed by atoms with Gasteiger partial charge in [-0.25, -0.2) is 0 Å². The number of rotatable bonds is 9. The van der Waals surface area contributed by atoms with Crippen LogP contribution in [-0.2, 0) is 9.47 Å². The van der Waals surface area contributed by atoms with E-state index in [-0.39, 0.29) is 0 Å². The molecule has 1 saturated heterocycles. The standard InChI is InChI=1S/C13H27NO2/c1-3-5-6-8-15-11-13(14-4-2)12-7-9-16-10-12/h12-14H,3-11H2,1-2H3. The lowest BCUT2D eigenvalue weighted by Gasteiger charge is -2.23. The van der Waals surface area contributed by atoms with Crippen molar-refractivity contribution in [3.63, 3.8) is 0 Å². The Morgan fingerprint density at radius 1 is 1.38 bits per heavy atom. The second-order valence-electron chi connectivity index (χ2n) is 4.57. The fraction of sp³-hybridized carbons (Fsp3) is 1.00. The van der Waals surface area contributed by atoms with Crippen molar-refractivity contribution >= 4 is 0 Å². The molecule has 0 aromatic heterocycles. The molecule has 0 spiro atoms. The summed E-state index contributed by atoms with van der Waals surface area (Å²) in [6.07, 6.45) is 4.90. The second-order valence-corrected chi connectivity index (χ2v) is 4.57. The first-order chi connectivity index (χ1) is 7.88. The summed E-state index contributed by atoms with van der Waals surface area (Å²) < 4.78 is 11.2. The maximum Gasteiger partial charge on any atom is 0.0623 e. The molecule has 0 aromatic carbocycles. The minimum Gasteiger partial charge on any atom is -0.381 e. The number of likely N-dealkylation sites (N-methyl/N-ethyl adjacent to an activating group) is 1. The van der Waals surface area contributed by atoms with E-state index in [9.17, 15) is 0 Å².